The van der Waals surface area contributed by atoms with Crippen molar-refractivity contribution >= 4 is 17.5 Å². The second-order valence-corrected chi connectivity index (χ2v) is 7.14. The number of likely N-dealkylation sites (tertiary alicyclic amines) is 1. The number of nitrogens with one attached hydrogen (secondary N) is 2. The van der Waals surface area contributed by atoms with E-state index in [0.717, 1.165) is 5.56 Å². The first-order chi connectivity index (χ1) is 13.0. The lowest BCUT2D eigenvalue weighted by Crippen LogP contribution is -2.41. The average molecular weight is 394 g/mol. The van der Waals surface area contributed by atoms with Gasteiger partial charge >= 0.3 is 0 Å². The maximum Gasteiger partial charge on any atom is 0.237 e. The lowest BCUT2D eigenvalue weighted by molar-refractivity contribution is -0.125. The Labute approximate surface area is 162 Å². The highest BCUT2D eigenvalue weighted by Crippen LogP contribution is 2.23. The minimum atomic E-state index is -0.570. The summed E-state index contributed by atoms with van der Waals surface area (Å²) in [6, 6.07) is 11.0. The van der Waals surface area contributed by atoms with Crippen LogP contribution in [0.5, 0.6) is 0 Å². The molecule has 1 aliphatic heterocycles. The Morgan fingerprint density at radius 1 is 1.22 bits per heavy atom. The number of carbonyl (C=O) groups excluding carboxylic acids is 1. The third-order valence-electron chi connectivity index (χ3n) is 4.86. The van der Waals surface area contributed by atoms with Crippen molar-refractivity contribution in [1.82, 2.24) is 15.5 Å². The van der Waals surface area contributed by atoms with E-state index in [4.69, 9.17) is 11.6 Å². The molecule has 1 amide bonds. The van der Waals surface area contributed by atoms with E-state index in [1.165, 1.54) is 18.2 Å². The minimum Gasteiger partial charge on any atom is -0.358 e. The topological polar surface area (TPSA) is 44.4 Å². The van der Waals surface area contributed by atoms with Crippen molar-refractivity contribution in [2.24, 2.45) is 0 Å². The Bertz CT molecular complexity index is 797. The van der Waals surface area contributed by atoms with Crippen LogP contribution in [-0.2, 0) is 17.9 Å². The molecule has 3 rings (SSSR count). The van der Waals surface area contributed by atoms with Crippen LogP contribution in [0.1, 0.15) is 17.5 Å². The van der Waals surface area contributed by atoms with Gasteiger partial charge in [-0.1, -0.05) is 29.8 Å². The summed E-state index contributed by atoms with van der Waals surface area (Å²) in [5.41, 5.74) is 1.03. The van der Waals surface area contributed by atoms with Crippen LogP contribution in [0.2, 0.25) is 5.02 Å². The zero-order valence-electron chi connectivity index (χ0n) is 15.0. The Kier molecular flexibility index (Phi) is 6.42. The van der Waals surface area contributed by atoms with Gasteiger partial charge in [-0.15, -0.1) is 0 Å². The maximum absolute atomic E-state index is 13.8. The highest BCUT2D eigenvalue weighted by atomic mass is 35.5. The molecule has 2 aromatic rings. The minimum absolute atomic E-state index is 0.0160. The molecule has 0 aromatic heterocycles. The van der Waals surface area contributed by atoms with Gasteiger partial charge in [0.2, 0.25) is 5.91 Å². The molecule has 0 unspecified atom stereocenters. The molecule has 4 nitrogen and oxygen atoms in total. The number of carbonyl (C=O) groups is 1. The number of nitrogens with zero attached hydrogens (tertiary/aromatic N) is 1. The quantitative estimate of drug-likeness (QED) is 0.792. The normalized spacial score (nSPS) is 20.0. The predicted octanol–water partition coefficient (Wildman–Crippen LogP) is 3.10. The van der Waals surface area contributed by atoms with Gasteiger partial charge in [-0.25, -0.2) is 8.78 Å². The fourth-order valence-corrected chi connectivity index (χ4v) is 3.70. The van der Waals surface area contributed by atoms with Crippen molar-refractivity contribution in [2.45, 2.75) is 31.6 Å². The van der Waals surface area contributed by atoms with Gasteiger partial charge in [0.1, 0.15) is 11.6 Å². The molecule has 144 valence electrons. The number of halogens is 3. The van der Waals surface area contributed by atoms with Crippen LogP contribution >= 0.6 is 11.6 Å². The van der Waals surface area contributed by atoms with Crippen LogP contribution in [0, 0.1) is 11.6 Å². The van der Waals surface area contributed by atoms with Crippen LogP contribution < -0.4 is 10.6 Å². The Balaban J connectivity index is 1.68. The summed E-state index contributed by atoms with van der Waals surface area (Å²) in [5, 5.41) is 6.53. The summed E-state index contributed by atoms with van der Waals surface area (Å²) >= 11 is 6.05. The van der Waals surface area contributed by atoms with E-state index < -0.39 is 11.6 Å². The van der Waals surface area contributed by atoms with Crippen LogP contribution in [0.3, 0.4) is 0 Å². The largest absolute Gasteiger partial charge is 0.358 e. The number of likely N-dealkylation sites (N-methyl/N-ethyl adjacent to an activating group) is 1. The standard InChI is InChI=1S/C20H22ClF2N3O/c1-24-20(27)19-9-15(25-10-16-17(22)6-3-7-18(16)23)12-26(19)11-13-4-2-5-14(21)8-13/h2-8,15,19,25H,9-12H2,1H3,(H,24,27)/t15-,19-/m0/s1. The molecule has 7 heteroatoms. The van der Waals surface area contributed by atoms with Crippen molar-refractivity contribution in [3.63, 3.8) is 0 Å². The zero-order chi connectivity index (χ0) is 19.4. The van der Waals surface area contributed by atoms with E-state index in [2.05, 4.69) is 15.5 Å². The SMILES string of the molecule is CNC(=O)[C@@H]1C[C@H](NCc2c(F)cccc2F)CN1Cc1cccc(Cl)c1. The monoisotopic (exact) mass is 393 g/mol. The van der Waals surface area contributed by atoms with Gasteiger partial charge in [-0.2, -0.15) is 0 Å². The molecule has 0 radical (unpaired) electrons. The fourth-order valence-electron chi connectivity index (χ4n) is 3.48. The molecule has 2 aromatic carbocycles. The summed E-state index contributed by atoms with van der Waals surface area (Å²) in [5.74, 6) is -1.21. The first kappa shape index (κ1) is 19.7. The van der Waals surface area contributed by atoms with Gasteiger partial charge in [0.15, 0.2) is 0 Å². The van der Waals surface area contributed by atoms with Gasteiger partial charge < -0.3 is 10.6 Å². The Hall–Kier alpha value is -2.02. The van der Waals surface area contributed by atoms with E-state index >= 15 is 0 Å². The van der Waals surface area contributed by atoms with E-state index in [9.17, 15) is 13.6 Å². The van der Waals surface area contributed by atoms with E-state index in [1.807, 2.05) is 18.2 Å². The molecule has 1 aliphatic rings. The van der Waals surface area contributed by atoms with Gasteiger partial charge in [-0.05, 0) is 36.2 Å². The number of hydrogen-bond acceptors (Lipinski definition) is 3. The van der Waals surface area contributed by atoms with Gasteiger partial charge in [-0.3, -0.25) is 9.69 Å². The Morgan fingerprint density at radius 3 is 2.59 bits per heavy atom. The van der Waals surface area contributed by atoms with Crippen LogP contribution in [0.4, 0.5) is 8.78 Å². The van der Waals surface area contributed by atoms with E-state index in [-0.39, 0.29) is 30.1 Å². The Morgan fingerprint density at radius 2 is 1.93 bits per heavy atom. The van der Waals surface area contributed by atoms with Crippen molar-refractivity contribution in [1.29, 1.82) is 0 Å². The van der Waals surface area contributed by atoms with Gasteiger partial charge in [0, 0.05) is 43.3 Å². The van der Waals surface area contributed by atoms with Crippen molar-refractivity contribution in [3.8, 4) is 0 Å². The average Bonchev–Trinajstić information content (AvgIpc) is 3.03. The number of rotatable bonds is 6. The molecule has 2 atom stereocenters. The zero-order valence-corrected chi connectivity index (χ0v) is 15.8. The molecule has 2 N–H and O–H groups in total. The van der Waals surface area contributed by atoms with Crippen molar-refractivity contribution in [2.75, 3.05) is 13.6 Å². The van der Waals surface area contributed by atoms with Crippen molar-refractivity contribution < 1.29 is 13.6 Å². The highest BCUT2D eigenvalue weighted by Gasteiger charge is 2.36. The van der Waals surface area contributed by atoms with Crippen molar-refractivity contribution in [3.05, 3.63) is 70.2 Å². The summed E-state index contributed by atoms with van der Waals surface area (Å²) in [6.07, 6.45) is 0.566. The molecule has 1 saturated heterocycles. The van der Waals surface area contributed by atoms with Crippen LogP contribution in [-0.4, -0.2) is 36.5 Å². The van der Waals surface area contributed by atoms with E-state index in [1.54, 1.807) is 13.1 Å². The highest BCUT2D eigenvalue weighted by molar-refractivity contribution is 6.30. The van der Waals surface area contributed by atoms with Gasteiger partial charge in [0.25, 0.3) is 0 Å². The summed E-state index contributed by atoms with van der Waals surface area (Å²) in [7, 11) is 1.61. The summed E-state index contributed by atoms with van der Waals surface area (Å²) < 4.78 is 27.6. The van der Waals surface area contributed by atoms with Gasteiger partial charge in [0.05, 0.1) is 6.04 Å². The van der Waals surface area contributed by atoms with Crippen LogP contribution in [0.15, 0.2) is 42.5 Å². The maximum atomic E-state index is 13.8. The molecule has 0 aliphatic carbocycles. The third kappa shape index (κ3) is 4.83. The summed E-state index contributed by atoms with van der Waals surface area (Å²) in [4.78, 5) is 14.3. The smallest absolute Gasteiger partial charge is 0.237 e. The van der Waals surface area contributed by atoms with Crippen LogP contribution in [0.25, 0.3) is 0 Å². The first-order valence-corrected chi connectivity index (χ1v) is 9.22. The lowest BCUT2D eigenvalue weighted by Gasteiger charge is -2.23. The molecule has 1 heterocycles. The third-order valence-corrected chi connectivity index (χ3v) is 5.09. The first-order valence-electron chi connectivity index (χ1n) is 8.84. The molecule has 0 bridgehead atoms. The molecular formula is C20H22ClF2N3O. The molecule has 1 fully saturated rings. The lowest BCUT2D eigenvalue weighted by atomic mass is 10.1. The van der Waals surface area contributed by atoms with E-state index in [0.29, 0.717) is 24.5 Å². The fraction of sp³-hybridized carbons (Fsp3) is 0.350. The molecule has 0 spiro atoms. The number of hydrogen-bond donors (Lipinski definition) is 2. The number of amides is 1. The summed E-state index contributed by atoms with van der Waals surface area (Å²) in [6.45, 7) is 1.25. The second-order valence-electron chi connectivity index (χ2n) is 6.70. The molecule has 27 heavy (non-hydrogen) atoms. The predicted molar refractivity (Wildman–Crippen MR) is 101 cm³/mol. The number of benzene rings is 2. The molecular weight excluding hydrogens is 372 g/mol. The second kappa shape index (κ2) is 8.78. The molecule has 0 saturated carbocycles.